The Hall–Kier alpha value is -6.60. The quantitative estimate of drug-likeness (QED) is 0.125. The molecular weight excluding hydrogens is 729 g/mol. The second kappa shape index (κ2) is 13.0. The van der Waals surface area contributed by atoms with Crippen LogP contribution in [-0.4, -0.2) is 0 Å². The maximum Gasteiger partial charge on any atom is 0.416 e. The van der Waals surface area contributed by atoms with Crippen LogP contribution >= 0.6 is 0 Å². The van der Waals surface area contributed by atoms with Crippen LogP contribution in [-0.2, 0) is 18.8 Å². The van der Waals surface area contributed by atoms with Gasteiger partial charge in [0.15, 0.2) is 0 Å². The molecule has 0 amide bonds. The second-order valence-electron chi connectivity index (χ2n) is 14.7. The first kappa shape index (κ1) is 34.9. The van der Waals surface area contributed by atoms with Gasteiger partial charge in [0.25, 0.3) is 0 Å². The number of nitrogens with zero attached hydrogens (tertiary/aromatic N) is 1. The summed E-state index contributed by atoms with van der Waals surface area (Å²) in [6.07, 6.45) is -8.14. The van der Waals surface area contributed by atoms with Crippen LogP contribution in [0.25, 0.3) is 54.6 Å². The minimum atomic E-state index is -4.53. The van der Waals surface area contributed by atoms with Gasteiger partial charge in [-0.3, -0.25) is 0 Å². The summed E-state index contributed by atoms with van der Waals surface area (Å²) in [7, 11) is 0. The number of benzene rings is 9. The van der Waals surface area contributed by atoms with Crippen LogP contribution in [0.15, 0.2) is 170 Å². The van der Waals surface area contributed by atoms with E-state index in [0.29, 0.717) is 17.1 Å². The van der Waals surface area contributed by atoms with Crippen molar-refractivity contribution in [2.75, 3.05) is 4.90 Å². The molecule has 0 bridgehead atoms. The summed E-state index contributed by atoms with van der Waals surface area (Å²) in [5.74, 6) is 0.219. The Labute approximate surface area is 324 Å². The molecule has 0 saturated heterocycles. The third kappa shape index (κ3) is 5.88. The van der Waals surface area contributed by atoms with Crippen LogP contribution in [0.4, 0.5) is 43.4 Å². The number of fused-ring (bicyclic) bond motifs is 4. The van der Waals surface area contributed by atoms with Crippen LogP contribution in [0.2, 0.25) is 0 Å². The molecule has 0 heterocycles. The van der Waals surface area contributed by atoms with Gasteiger partial charge in [-0.05, 0) is 144 Å². The van der Waals surface area contributed by atoms with Crippen molar-refractivity contribution in [3.63, 3.8) is 0 Å². The van der Waals surface area contributed by atoms with Gasteiger partial charge < -0.3 is 4.90 Å². The number of alkyl halides is 6. The lowest BCUT2D eigenvalue weighted by atomic mass is 9.73. The van der Waals surface area contributed by atoms with Gasteiger partial charge in [-0.1, -0.05) is 103 Å². The Kier molecular flexibility index (Phi) is 7.94. The van der Waals surface area contributed by atoms with Crippen molar-refractivity contribution in [2.24, 2.45) is 0 Å². The maximum absolute atomic E-state index is 13.5. The first-order chi connectivity index (χ1) is 27.5. The van der Waals surface area contributed by atoms with Crippen molar-refractivity contribution in [1.29, 1.82) is 0 Å². The molecule has 1 atom stereocenters. The van der Waals surface area contributed by atoms with Gasteiger partial charge in [-0.2, -0.15) is 26.3 Å². The zero-order valence-corrected chi connectivity index (χ0v) is 30.2. The highest BCUT2D eigenvalue weighted by molar-refractivity contribution is 6.28. The van der Waals surface area contributed by atoms with E-state index in [4.69, 9.17) is 0 Å². The fourth-order valence-electron chi connectivity index (χ4n) is 8.82. The van der Waals surface area contributed by atoms with Gasteiger partial charge in [-0.15, -0.1) is 0 Å². The normalized spacial score (nSPS) is 14.2. The van der Waals surface area contributed by atoms with Crippen molar-refractivity contribution in [1.82, 2.24) is 0 Å². The van der Waals surface area contributed by atoms with Gasteiger partial charge in [0.05, 0.1) is 11.1 Å². The van der Waals surface area contributed by atoms with E-state index in [1.165, 1.54) is 73.6 Å². The summed E-state index contributed by atoms with van der Waals surface area (Å²) in [5.41, 5.74) is 8.11. The monoisotopic (exact) mass is 759 g/mol. The highest BCUT2D eigenvalue weighted by atomic mass is 19.4. The average molecular weight is 760 g/mol. The molecule has 278 valence electrons. The van der Waals surface area contributed by atoms with Gasteiger partial charge in [-0.25, -0.2) is 0 Å². The molecular formula is C50H31F6N. The van der Waals surface area contributed by atoms with E-state index in [0.717, 1.165) is 52.6 Å². The lowest BCUT2D eigenvalue weighted by Crippen LogP contribution is -2.13. The third-order valence-corrected chi connectivity index (χ3v) is 11.4. The Bertz CT molecular complexity index is 2870. The van der Waals surface area contributed by atoms with Crippen molar-refractivity contribution >= 4 is 49.4 Å². The Morgan fingerprint density at radius 1 is 0.456 bits per heavy atom. The highest BCUT2D eigenvalue weighted by Crippen LogP contribution is 2.50. The van der Waals surface area contributed by atoms with Gasteiger partial charge in [0.1, 0.15) is 0 Å². The summed E-state index contributed by atoms with van der Waals surface area (Å²) in [6, 6.07) is 51.7. The second-order valence-corrected chi connectivity index (χ2v) is 14.7. The molecule has 1 aliphatic carbocycles. The SMILES string of the molecule is FC(F)(F)c1ccc(N(c2ccc(-c3ccc4ccc5c6c(cc7ccc3c4c75)C(c3ccccc3)Cc3ccccc3-6)cc2)c2ccc(C(F)(F)F)cc2)cc1. The molecule has 0 saturated carbocycles. The average Bonchev–Trinajstić information content (AvgIpc) is 3.22. The van der Waals surface area contributed by atoms with Crippen LogP contribution in [0.1, 0.15) is 33.7 Å². The van der Waals surface area contributed by atoms with Crippen molar-refractivity contribution < 1.29 is 26.3 Å². The van der Waals surface area contributed by atoms with Crippen molar-refractivity contribution in [2.45, 2.75) is 24.7 Å². The minimum Gasteiger partial charge on any atom is -0.311 e. The Morgan fingerprint density at radius 3 is 1.61 bits per heavy atom. The molecule has 0 aromatic heterocycles. The predicted octanol–water partition coefficient (Wildman–Crippen LogP) is 15.1. The first-order valence-corrected chi connectivity index (χ1v) is 18.7. The zero-order chi connectivity index (χ0) is 39.1. The largest absolute Gasteiger partial charge is 0.416 e. The van der Waals surface area contributed by atoms with Crippen LogP contribution in [0, 0.1) is 0 Å². The standard InChI is InChI=1S/C50H31F6N/c51-49(52,53)35-15-21-38(22-16-35)57(39-23-17-36(18-24-39)50(54,55)56)37-19-10-31(11-20-37)40-25-12-32-13-27-43-47-34(14-26-42(40)46(32)47)29-45-44(30-6-2-1-3-7-30)28-33-8-4-5-9-41(33)48(43)45/h1-27,29,44H,28H2. The summed E-state index contributed by atoms with van der Waals surface area (Å²) in [6.45, 7) is 0. The fourth-order valence-corrected chi connectivity index (χ4v) is 8.82. The van der Waals surface area contributed by atoms with Gasteiger partial charge in [0, 0.05) is 23.0 Å². The molecule has 10 rings (SSSR count). The molecule has 1 unspecified atom stereocenters. The van der Waals surface area contributed by atoms with E-state index < -0.39 is 23.5 Å². The van der Waals surface area contributed by atoms with E-state index in [9.17, 15) is 26.3 Å². The van der Waals surface area contributed by atoms with E-state index in [1.807, 2.05) is 24.3 Å². The van der Waals surface area contributed by atoms with Crippen LogP contribution in [0.5, 0.6) is 0 Å². The number of hydrogen-bond donors (Lipinski definition) is 0. The van der Waals surface area contributed by atoms with Crippen molar-refractivity contribution in [3.8, 4) is 22.3 Å². The topological polar surface area (TPSA) is 3.24 Å². The number of hydrogen-bond acceptors (Lipinski definition) is 1. The molecule has 9 aromatic rings. The summed E-state index contributed by atoms with van der Waals surface area (Å²) < 4.78 is 80.8. The van der Waals surface area contributed by atoms with Crippen LogP contribution in [0.3, 0.4) is 0 Å². The Balaban J connectivity index is 1.10. The van der Waals surface area contributed by atoms with E-state index in [1.54, 1.807) is 4.90 Å². The molecule has 0 N–H and O–H groups in total. The molecule has 0 fully saturated rings. The molecule has 57 heavy (non-hydrogen) atoms. The number of halogens is 6. The molecule has 1 nitrogen and oxygen atoms in total. The summed E-state index contributed by atoms with van der Waals surface area (Å²) in [5, 5.41) is 6.99. The molecule has 0 aliphatic heterocycles. The number of rotatable bonds is 5. The molecule has 0 radical (unpaired) electrons. The number of anilines is 3. The smallest absolute Gasteiger partial charge is 0.311 e. The third-order valence-electron chi connectivity index (χ3n) is 11.4. The van der Waals surface area contributed by atoms with Gasteiger partial charge >= 0.3 is 12.4 Å². The van der Waals surface area contributed by atoms with Gasteiger partial charge in [0.2, 0.25) is 0 Å². The molecule has 0 spiro atoms. The van der Waals surface area contributed by atoms with E-state index >= 15 is 0 Å². The van der Waals surface area contributed by atoms with E-state index in [2.05, 4.69) is 97.1 Å². The molecule has 1 aliphatic rings. The lowest BCUT2D eigenvalue weighted by Gasteiger charge is -2.30. The molecule has 7 heteroatoms. The molecule has 9 aromatic carbocycles. The van der Waals surface area contributed by atoms with E-state index in [-0.39, 0.29) is 5.92 Å². The highest BCUT2D eigenvalue weighted by Gasteiger charge is 2.32. The fraction of sp³-hybridized carbons (Fsp3) is 0.0800. The lowest BCUT2D eigenvalue weighted by molar-refractivity contribution is -0.138. The summed E-state index contributed by atoms with van der Waals surface area (Å²) >= 11 is 0. The zero-order valence-electron chi connectivity index (χ0n) is 30.2. The first-order valence-electron chi connectivity index (χ1n) is 18.7. The summed E-state index contributed by atoms with van der Waals surface area (Å²) in [4.78, 5) is 1.65. The van der Waals surface area contributed by atoms with Crippen molar-refractivity contribution in [3.05, 3.63) is 198 Å². The maximum atomic E-state index is 13.5. The minimum absolute atomic E-state index is 0.219. The predicted molar refractivity (Wildman–Crippen MR) is 218 cm³/mol. The van der Waals surface area contributed by atoms with Crippen LogP contribution < -0.4 is 4.90 Å². The Morgan fingerprint density at radius 2 is 0.982 bits per heavy atom.